The summed E-state index contributed by atoms with van der Waals surface area (Å²) in [6.45, 7) is 1.41. The molecule has 5 aromatic rings. The van der Waals surface area contributed by atoms with Gasteiger partial charge in [0.2, 0.25) is 0 Å². The molecular formula is C28H22N4O4+2. The summed E-state index contributed by atoms with van der Waals surface area (Å²) in [6.07, 6.45) is 0. The first-order valence-corrected chi connectivity index (χ1v) is 12.0. The second-order valence-electron chi connectivity index (χ2n) is 9.37. The number of amides is 4. The van der Waals surface area contributed by atoms with E-state index in [9.17, 15) is 19.2 Å². The van der Waals surface area contributed by atoms with Gasteiger partial charge in [-0.3, -0.25) is 29.0 Å². The normalized spacial score (nSPS) is 15.5. The number of hydrogen-bond donors (Lipinski definition) is 2. The van der Waals surface area contributed by atoms with Crippen molar-refractivity contribution in [2.24, 2.45) is 0 Å². The minimum atomic E-state index is -0.308. The van der Waals surface area contributed by atoms with Crippen LogP contribution in [-0.2, 0) is 0 Å². The molecule has 8 heteroatoms. The molecule has 0 atom stereocenters. The van der Waals surface area contributed by atoms with Gasteiger partial charge >= 0.3 is 0 Å². The standard InChI is InChI=1S/C28H20N4O4/c29-9-11-31-25(33)17-5-1-13-14-2-6-19-24-20(28(36)32(12-10-30)27(19)35)8-4-16(22(14)24)15-3-7-18(26(31)34)23(17)21(13)15/h1-8H,9-12,29-30H2/p+2. The van der Waals surface area contributed by atoms with Gasteiger partial charge in [-0.15, -0.1) is 0 Å². The quantitative estimate of drug-likeness (QED) is 0.230. The van der Waals surface area contributed by atoms with Gasteiger partial charge in [-0.2, -0.15) is 0 Å². The van der Waals surface area contributed by atoms with Gasteiger partial charge < -0.3 is 11.5 Å². The van der Waals surface area contributed by atoms with E-state index in [1.807, 2.05) is 24.3 Å². The zero-order chi connectivity index (χ0) is 24.9. The Labute approximate surface area is 204 Å². The van der Waals surface area contributed by atoms with Crippen LogP contribution in [0.2, 0.25) is 0 Å². The molecule has 2 aliphatic heterocycles. The lowest BCUT2D eigenvalue weighted by Gasteiger charge is -2.29. The van der Waals surface area contributed by atoms with Gasteiger partial charge in [-0.25, -0.2) is 0 Å². The first-order chi connectivity index (χ1) is 17.5. The van der Waals surface area contributed by atoms with E-state index in [1.165, 1.54) is 9.80 Å². The zero-order valence-corrected chi connectivity index (χ0v) is 19.4. The smallest absolute Gasteiger partial charge is 0.261 e. The van der Waals surface area contributed by atoms with Gasteiger partial charge in [0.25, 0.3) is 23.6 Å². The average Bonchev–Trinajstić information content (AvgIpc) is 2.89. The summed E-state index contributed by atoms with van der Waals surface area (Å²) in [4.78, 5) is 55.5. The van der Waals surface area contributed by atoms with E-state index in [1.54, 1.807) is 24.3 Å². The molecule has 0 aliphatic carbocycles. The number of fused-ring (bicyclic) bond motifs is 2. The van der Waals surface area contributed by atoms with Crippen LogP contribution in [0.15, 0.2) is 48.5 Å². The Morgan fingerprint density at radius 2 is 0.722 bits per heavy atom. The van der Waals surface area contributed by atoms with Crippen LogP contribution in [-0.4, -0.2) is 59.6 Å². The van der Waals surface area contributed by atoms with Gasteiger partial charge in [0, 0.05) is 33.0 Å². The fourth-order valence-corrected chi connectivity index (χ4v) is 6.09. The van der Waals surface area contributed by atoms with Gasteiger partial charge in [0.05, 0.1) is 26.2 Å². The van der Waals surface area contributed by atoms with Crippen LogP contribution in [0.1, 0.15) is 41.4 Å². The molecule has 0 radical (unpaired) electrons. The summed E-state index contributed by atoms with van der Waals surface area (Å²) in [7, 11) is 0. The second kappa shape index (κ2) is 7.07. The van der Waals surface area contributed by atoms with E-state index in [4.69, 9.17) is 0 Å². The van der Waals surface area contributed by atoms with Crippen molar-refractivity contribution >= 4 is 66.7 Å². The van der Waals surface area contributed by atoms with Crippen LogP contribution < -0.4 is 11.5 Å². The lowest BCUT2D eigenvalue weighted by molar-refractivity contribution is -0.367. The van der Waals surface area contributed by atoms with Crippen molar-refractivity contribution in [3.05, 3.63) is 70.8 Å². The Kier molecular flexibility index (Phi) is 4.11. The summed E-state index contributed by atoms with van der Waals surface area (Å²) >= 11 is 0. The molecule has 0 saturated carbocycles. The van der Waals surface area contributed by atoms with E-state index in [2.05, 4.69) is 11.5 Å². The molecule has 7 rings (SSSR count). The van der Waals surface area contributed by atoms with Gasteiger partial charge in [0.1, 0.15) is 0 Å². The Balaban J connectivity index is 1.63. The summed E-state index contributed by atoms with van der Waals surface area (Å²) in [6, 6.07) is 14.8. The summed E-state index contributed by atoms with van der Waals surface area (Å²) in [5.41, 5.74) is 9.61. The van der Waals surface area contributed by atoms with Gasteiger partial charge in [-0.05, 0) is 56.6 Å². The maximum Gasteiger partial charge on any atom is 0.261 e. The molecule has 8 nitrogen and oxygen atoms in total. The van der Waals surface area contributed by atoms with Crippen LogP contribution >= 0.6 is 0 Å². The van der Waals surface area contributed by atoms with Crippen LogP contribution in [0.5, 0.6) is 0 Å². The fraction of sp³-hybridized carbons (Fsp3) is 0.143. The predicted octanol–water partition coefficient (Wildman–Crippen LogP) is 1.41. The van der Waals surface area contributed by atoms with Gasteiger partial charge in [0.15, 0.2) is 0 Å². The van der Waals surface area contributed by atoms with E-state index < -0.39 is 0 Å². The Morgan fingerprint density at radius 1 is 0.444 bits per heavy atom. The largest absolute Gasteiger partial charge is 0.356 e. The van der Waals surface area contributed by atoms with Crippen molar-refractivity contribution in [2.75, 3.05) is 26.2 Å². The maximum atomic E-state index is 13.3. The number of hydrogen-bond acceptors (Lipinski definition) is 4. The highest BCUT2D eigenvalue weighted by Crippen LogP contribution is 2.46. The van der Waals surface area contributed by atoms with Crippen molar-refractivity contribution in [1.29, 1.82) is 0 Å². The highest BCUT2D eigenvalue weighted by Gasteiger charge is 2.36. The number of carbonyl (C=O) groups excluding carboxylic acids is 4. The van der Waals surface area contributed by atoms with Crippen molar-refractivity contribution in [2.45, 2.75) is 0 Å². The molecular weight excluding hydrogens is 456 g/mol. The van der Waals surface area contributed by atoms with E-state index in [0.717, 1.165) is 32.3 Å². The molecule has 0 unspecified atom stereocenters. The third-order valence-corrected chi connectivity index (χ3v) is 7.57. The van der Waals surface area contributed by atoms with Crippen LogP contribution in [0.25, 0.3) is 43.1 Å². The molecule has 0 bridgehead atoms. The molecule has 0 saturated heterocycles. The van der Waals surface area contributed by atoms with E-state index >= 15 is 0 Å². The van der Waals surface area contributed by atoms with Crippen molar-refractivity contribution in [3.63, 3.8) is 0 Å². The van der Waals surface area contributed by atoms with E-state index in [-0.39, 0.29) is 36.7 Å². The SMILES string of the molecule is [NH3+]CCN1C(=O)c2ccc3c4ccc5c6c(ccc(c7ccc(c2c37)C1=O)c64)C(=O)N(CC[NH3+])C5=O. The zero-order valence-electron chi connectivity index (χ0n) is 19.4. The minimum absolute atomic E-state index is 0.267. The number of benzene rings is 5. The Hall–Kier alpha value is -4.40. The molecule has 6 N–H and O–H groups in total. The van der Waals surface area contributed by atoms with Crippen LogP contribution in [0.4, 0.5) is 0 Å². The molecule has 0 aromatic heterocycles. The van der Waals surface area contributed by atoms with Crippen LogP contribution in [0.3, 0.4) is 0 Å². The molecule has 36 heavy (non-hydrogen) atoms. The molecule has 4 amide bonds. The third kappa shape index (κ3) is 2.35. The third-order valence-electron chi connectivity index (χ3n) is 7.57. The van der Waals surface area contributed by atoms with Crippen molar-refractivity contribution < 1.29 is 30.6 Å². The van der Waals surface area contributed by atoms with Crippen molar-refractivity contribution in [3.8, 4) is 0 Å². The lowest BCUT2D eigenvalue weighted by atomic mass is 9.82. The number of rotatable bonds is 4. The van der Waals surface area contributed by atoms with E-state index in [0.29, 0.717) is 46.1 Å². The Bertz CT molecular complexity index is 1600. The summed E-state index contributed by atoms with van der Waals surface area (Å²) < 4.78 is 0. The first-order valence-electron chi connectivity index (χ1n) is 12.0. The summed E-state index contributed by atoms with van der Waals surface area (Å²) in [5, 5.41) is 6.55. The average molecular weight is 479 g/mol. The minimum Gasteiger partial charge on any atom is -0.356 e. The molecule has 2 heterocycles. The Morgan fingerprint density at radius 3 is 0.972 bits per heavy atom. The fourth-order valence-electron chi connectivity index (χ4n) is 6.09. The van der Waals surface area contributed by atoms with Gasteiger partial charge in [-0.1, -0.05) is 24.3 Å². The second-order valence-corrected chi connectivity index (χ2v) is 9.37. The summed E-state index contributed by atoms with van der Waals surface area (Å²) in [5.74, 6) is -1.23. The number of carbonyl (C=O) groups is 4. The maximum absolute atomic E-state index is 13.3. The lowest BCUT2D eigenvalue weighted by Crippen LogP contribution is -2.57. The molecule has 2 aliphatic rings. The molecule has 176 valence electrons. The number of nitrogens with zero attached hydrogens (tertiary/aromatic N) is 2. The predicted molar refractivity (Wildman–Crippen MR) is 134 cm³/mol. The van der Waals surface area contributed by atoms with Crippen LogP contribution in [0, 0.1) is 0 Å². The monoisotopic (exact) mass is 478 g/mol. The highest BCUT2D eigenvalue weighted by molar-refractivity contribution is 6.41. The topological polar surface area (TPSA) is 130 Å². The number of imide groups is 2. The first kappa shape index (κ1) is 20.9. The van der Waals surface area contributed by atoms with Crippen molar-refractivity contribution in [1.82, 2.24) is 9.80 Å². The molecule has 0 fully saturated rings. The highest BCUT2D eigenvalue weighted by atomic mass is 16.2. The molecule has 0 spiro atoms. The number of quaternary nitrogens is 2. The molecule has 5 aromatic carbocycles.